The van der Waals surface area contributed by atoms with Gasteiger partial charge in [0.1, 0.15) is 0 Å². The molecule has 17 heavy (non-hydrogen) atoms. The molecule has 2 N–H and O–H groups in total. The van der Waals surface area contributed by atoms with Gasteiger partial charge in [-0.05, 0) is 26.8 Å². The van der Waals surface area contributed by atoms with Gasteiger partial charge in [-0.2, -0.15) is 11.8 Å². The van der Waals surface area contributed by atoms with E-state index in [0.717, 1.165) is 31.6 Å². The zero-order valence-corrected chi connectivity index (χ0v) is 11.7. The fourth-order valence-corrected chi connectivity index (χ4v) is 2.99. The molecule has 4 nitrogen and oxygen atoms in total. The molecule has 0 spiro atoms. The summed E-state index contributed by atoms with van der Waals surface area (Å²) in [5.41, 5.74) is 6.04. The Morgan fingerprint density at radius 2 is 2.12 bits per heavy atom. The molecule has 1 aliphatic heterocycles. The number of thioether (sulfide) groups is 1. The summed E-state index contributed by atoms with van der Waals surface area (Å²) in [6.45, 7) is 5.16. The van der Waals surface area contributed by atoms with Crippen LogP contribution in [0.5, 0.6) is 0 Å². The van der Waals surface area contributed by atoms with Crippen LogP contribution >= 0.6 is 11.8 Å². The van der Waals surface area contributed by atoms with Gasteiger partial charge < -0.3 is 10.6 Å². The molecule has 1 saturated carbocycles. The molecule has 2 rings (SSSR count). The Kier molecular flexibility index (Phi) is 4.56. The quantitative estimate of drug-likeness (QED) is 0.598. The molecule has 1 atom stereocenters. The van der Waals surface area contributed by atoms with E-state index in [1.807, 2.05) is 11.8 Å². The summed E-state index contributed by atoms with van der Waals surface area (Å²) >= 11 is 2.00. The van der Waals surface area contributed by atoms with Crippen molar-refractivity contribution in [1.29, 1.82) is 0 Å². The molecule has 0 bridgehead atoms. The first-order valence-electron chi connectivity index (χ1n) is 6.53. The van der Waals surface area contributed by atoms with Crippen LogP contribution in [0, 0.1) is 0 Å². The van der Waals surface area contributed by atoms with Crippen LogP contribution in [-0.4, -0.2) is 66.0 Å². The summed E-state index contributed by atoms with van der Waals surface area (Å²) in [5, 5.41) is 0. The molecule has 2 aliphatic rings. The van der Waals surface area contributed by atoms with Gasteiger partial charge in [0.25, 0.3) is 0 Å². The number of hydrogen-bond donors (Lipinski definition) is 1. The van der Waals surface area contributed by atoms with E-state index < -0.39 is 0 Å². The zero-order valence-electron chi connectivity index (χ0n) is 10.9. The number of rotatable bonds is 4. The first-order valence-corrected chi connectivity index (χ1v) is 7.68. The molecule has 1 saturated heterocycles. The summed E-state index contributed by atoms with van der Waals surface area (Å²) in [4.78, 5) is 9.19. The minimum Gasteiger partial charge on any atom is -0.370 e. The molecule has 0 aromatic rings. The Balaban J connectivity index is 1.77. The minimum atomic E-state index is 0.500. The van der Waals surface area contributed by atoms with Gasteiger partial charge in [0, 0.05) is 36.7 Å². The van der Waals surface area contributed by atoms with Crippen molar-refractivity contribution in [1.82, 2.24) is 9.80 Å². The van der Waals surface area contributed by atoms with Crippen molar-refractivity contribution in [3.05, 3.63) is 0 Å². The number of likely N-dealkylation sites (N-methyl/N-ethyl adjacent to an activating group) is 1. The predicted molar refractivity (Wildman–Crippen MR) is 75.6 cm³/mol. The lowest BCUT2D eigenvalue weighted by Crippen LogP contribution is -2.43. The van der Waals surface area contributed by atoms with Crippen LogP contribution in [0.4, 0.5) is 0 Å². The summed E-state index contributed by atoms with van der Waals surface area (Å²) in [6, 6.07) is 1.30. The highest BCUT2D eigenvalue weighted by molar-refractivity contribution is 7.99. The molecule has 0 aromatic carbocycles. The fraction of sp³-hybridized carbons (Fsp3) is 0.917. The first-order chi connectivity index (χ1) is 8.18. The molecule has 0 amide bonds. The van der Waals surface area contributed by atoms with Crippen molar-refractivity contribution in [2.75, 3.05) is 38.2 Å². The van der Waals surface area contributed by atoms with Crippen LogP contribution in [0.25, 0.3) is 0 Å². The Labute approximate surface area is 109 Å². The topological polar surface area (TPSA) is 44.9 Å². The van der Waals surface area contributed by atoms with E-state index in [9.17, 15) is 0 Å². The van der Waals surface area contributed by atoms with Crippen molar-refractivity contribution in [3.8, 4) is 0 Å². The lowest BCUT2D eigenvalue weighted by atomic mass is 10.3. The van der Waals surface area contributed by atoms with Crippen molar-refractivity contribution < 1.29 is 0 Å². The maximum absolute atomic E-state index is 6.04. The average molecular weight is 256 g/mol. The smallest absolute Gasteiger partial charge is 0.191 e. The minimum absolute atomic E-state index is 0.500. The fourth-order valence-electron chi connectivity index (χ4n) is 2.09. The van der Waals surface area contributed by atoms with Gasteiger partial charge in [-0.15, -0.1) is 0 Å². The van der Waals surface area contributed by atoms with Crippen LogP contribution in [0.3, 0.4) is 0 Å². The average Bonchev–Trinajstić information content (AvgIpc) is 3.20. The molecular formula is C12H24N4S. The SMILES string of the molecule is CC(CN=C(N)N1CCSCC1)N(C)C1CC1. The zero-order chi connectivity index (χ0) is 12.3. The van der Waals surface area contributed by atoms with Crippen molar-refractivity contribution in [2.24, 2.45) is 10.7 Å². The molecule has 2 fully saturated rings. The summed E-state index contributed by atoms with van der Waals surface area (Å²) in [5.74, 6) is 3.09. The standard InChI is InChI=1S/C12H24N4S/c1-10(15(2)11-3-4-11)9-14-12(13)16-5-7-17-8-6-16/h10-11H,3-9H2,1-2H3,(H2,13,14). The van der Waals surface area contributed by atoms with Crippen molar-refractivity contribution in [2.45, 2.75) is 31.8 Å². The molecule has 1 unspecified atom stereocenters. The third-order valence-corrected chi connectivity index (χ3v) is 4.61. The Morgan fingerprint density at radius 3 is 2.71 bits per heavy atom. The van der Waals surface area contributed by atoms with E-state index in [2.05, 4.69) is 28.8 Å². The van der Waals surface area contributed by atoms with Gasteiger partial charge >= 0.3 is 0 Å². The Morgan fingerprint density at radius 1 is 1.47 bits per heavy atom. The van der Waals surface area contributed by atoms with Crippen molar-refractivity contribution in [3.63, 3.8) is 0 Å². The maximum Gasteiger partial charge on any atom is 0.191 e. The first kappa shape index (κ1) is 13.0. The van der Waals surface area contributed by atoms with E-state index in [1.54, 1.807) is 0 Å². The van der Waals surface area contributed by atoms with Crippen LogP contribution in [0.2, 0.25) is 0 Å². The maximum atomic E-state index is 6.04. The van der Waals surface area contributed by atoms with E-state index in [0.29, 0.717) is 6.04 Å². The van der Waals surface area contributed by atoms with Gasteiger partial charge in [-0.3, -0.25) is 9.89 Å². The van der Waals surface area contributed by atoms with Crippen LogP contribution < -0.4 is 5.73 Å². The number of aliphatic imine (C=N–C) groups is 1. The molecule has 0 radical (unpaired) electrons. The second-order valence-electron chi connectivity index (χ2n) is 5.04. The van der Waals surface area contributed by atoms with E-state index in [1.165, 1.54) is 24.3 Å². The van der Waals surface area contributed by atoms with Crippen LogP contribution in [0.15, 0.2) is 4.99 Å². The van der Waals surface area contributed by atoms with E-state index in [-0.39, 0.29) is 0 Å². The molecular weight excluding hydrogens is 232 g/mol. The third-order valence-electron chi connectivity index (χ3n) is 3.67. The highest BCUT2D eigenvalue weighted by Gasteiger charge is 2.28. The van der Waals surface area contributed by atoms with Crippen LogP contribution in [-0.2, 0) is 0 Å². The summed E-state index contributed by atoms with van der Waals surface area (Å²) in [6.07, 6.45) is 2.70. The van der Waals surface area contributed by atoms with E-state index >= 15 is 0 Å². The Bertz CT molecular complexity index is 272. The van der Waals surface area contributed by atoms with Gasteiger partial charge in [0.05, 0.1) is 6.54 Å². The second-order valence-corrected chi connectivity index (χ2v) is 6.27. The summed E-state index contributed by atoms with van der Waals surface area (Å²) < 4.78 is 0. The highest BCUT2D eigenvalue weighted by Crippen LogP contribution is 2.26. The van der Waals surface area contributed by atoms with Crippen molar-refractivity contribution >= 4 is 17.7 Å². The predicted octanol–water partition coefficient (Wildman–Crippen LogP) is 0.833. The van der Waals surface area contributed by atoms with E-state index in [4.69, 9.17) is 5.73 Å². The lowest BCUT2D eigenvalue weighted by Gasteiger charge is -2.28. The van der Waals surface area contributed by atoms with Gasteiger partial charge in [-0.1, -0.05) is 0 Å². The normalized spacial score (nSPS) is 24.2. The largest absolute Gasteiger partial charge is 0.370 e. The monoisotopic (exact) mass is 256 g/mol. The third kappa shape index (κ3) is 3.78. The second kappa shape index (κ2) is 5.96. The molecule has 5 heteroatoms. The van der Waals surface area contributed by atoms with Crippen LogP contribution in [0.1, 0.15) is 19.8 Å². The van der Waals surface area contributed by atoms with Gasteiger partial charge in [0.2, 0.25) is 0 Å². The number of hydrogen-bond acceptors (Lipinski definition) is 3. The summed E-state index contributed by atoms with van der Waals surface area (Å²) in [7, 11) is 2.20. The number of guanidine groups is 1. The highest BCUT2D eigenvalue weighted by atomic mass is 32.2. The number of nitrogens with zero attached hydrogens (tertiary/aromatic N) is 3. The molecule has 0 aromatic heterocycles. The van der Waals surface area contributed by atoms with Gasteiger partial charge in [0.15, 0.2) is 5.96 Å². The number of nitrogens with two attached hydrogens (primary N) is 1. The molecule has 98 valence electrons. The Hall–Kier alpha value is -0.420. The molecule has 1 heterocycles. The lowest BCUT2D eigenvalue weighted by molar-refractivity contribution is 0.252. The molecule has 1 aliphatic carbocycles. The van der Waals surface area contributed by atoms with Gasteiger partial charge in [-0.25, -0.2) is 0 Å².